The molecule has 0 radical (unpaired) electrons. The number of imide groups is 1. The number of fused-ring (bicyclic) bond motifs is 2. The number of halogens is 2. The highest BCUT2D eigenvalue weighted by Gasteiger charge is 2.46. The molecule has 2 bridgehead atoms. The molecule has 1 aliphatic carbocycles. The third-order valence-electron chi connectivity index (χ3n) is 3.72. The summed E-state index contributed by atoms with van der Waals surface area (Å²) in [7, 11) is 0. The average molecular weight is 312 g/mol. The van der Waals surface area contributed by atoms with Crippen LogP contribution in [0.5, 0.6) is 0 Å². The molecule has 1 aliphatic heterocycles. The van der Waals surface area contributed by atoms with Gasteiger partial charge in [-0.25, -0.2) is 9.29 Å². The summed E-state index contributed by atoms with van der Waals surface area (Å²) >= 11 is 3.21. The average Bonchev–Trinajstić information content (AvgIpc) is 2.76. The lowest BCUT2D eigenvalue weighted by Gasteiger charge is -2.30. The van der Waals surface area contributed by atoms with E-state index in [1.165, 1.54) is 23.1 Å². The molecule has 3 nitrogen and oxygen atoms in total. The molecule has 1 aromatic carbocycles. The van der Waals surface area contributed by atoms with Crippen molar-refractivity contribution in [3.05, 3.63) is 28.5 Å². The van der Waals surface area contributed by atoms with E-state index in [0.717, 1.165) is 12.8 Å². The first-order valence-corrected chi connectivity index (χ1v) is 6.70. The number of benzene rings is 1. The van der Waals surface area contributed by atoms with Crippen molar-refractivity contribution in [2.24, 2.45) is 11.8 Å². The van der Waals surface area contributed by atoms with Crippen LogP contribution in [0.2, 0.25) is 0 Å². The van der Waals surface area contributed by atoms with E-state index in [2.05, 4.69) is 15.9 Å². The van der Waals surface area contributed by atoms with E-state index in [1.54, 1.807) is 0 Å². The second-order valence-corrected chi connectivity index (χ2v) is 5.67. The first-order valence-electron chi connectivity index (χ1n) is 5.91. The Morgan fingerprint density at radius 2 is 1.78 bits per heavy atom. The van der Waals surface area contributed by atoms with Crippen LogP contribution in [0.15, 0.2) is 22.7 Å². The topological polar surface area (TPSA) is 37.4 Å². The summed E-state index contributed by atoms with van der Waals surface area (Å²) in [4.78, 5) is 25.7. The Kier molecular flexibility index (Phi) is 2.73. The summed E-state index contributed by atoms with van der Waals surface area (Å²) in [6.45, 7) is 0. The second-order valence-electron chi connectivity index (χ2n) is 4.81. The largest absolute Gasteiger partial charge is 0.274 e. The summed E-state index contributed by atoms with van der Waals surface area (Å²) in [5.41, 5.74) is 0.447. The third kappa shape index (κ3) is 1.68. The monoisotopic (exact) mass is 311 g/mol. The number of carbonyl (C=O) groups excluding carboxylic acids is 2. The fourth-order valence-corrected chi connectivity index (χ4v) is 3.33. The minimum Gasteiger partial charge on any atom is -0.274 e. The smallest absolute Gasteiger partial charge is 0.236 e. The molecule has 18 heavy (non-hydrogen) atoms. The van der Waals surface area contributed by atoms with E-state index in [4.69, 9.17) is 0 Å². The van der Waals surface area contributed by atoms with Crippen LogP contribution in [0.4, 0.5) is 10.1 Å². The van der Waals surface area contributed by atoms with E-state index in [1.807, 2.05) is 0 Å². The van der Waals surface area contributed by atoms with Crippen molar-refractivity contribution in [3.63, 3.8) is 0 Å². The molecule has 0 aromatic heterocycles. The number of rotatable bonds is 1. The van der Waals surface area contributed by atoms with Crippen LogP contribution in [-0.4, -0.2) is 11.8 Å². The van der Waals surface area contributed by atoms with Gasteiger partial charge in [0.15, 0.2) is 0 Å². The first-order chi connectivity index (χ1) is 8.58. The Morgan fingerprint density at radius 1 is 1.17 bits per heavy atom. The van der Waals surface area contributed by atoms with Gasteiger partial charge in [0, 0.05) is 16.3 Å². The van der Waals surface area contributed by atoms with E-state index >= 15 is 0 Å². The zero-order valence-corrected chi connectivity index (χ0v) is 11.1. The van der Waals surface area contributed by atoms with Crippen molar-refractivity contribution in [2.45, 2.75) is 19.3 Å². The fourth-order valence-electron chi connectivity index (χ4n) is 2.80. The Balaban J connectivity index is 2.05. The molecule has 1 saturated carbocycles. The van der Waals surface area contributed by atoms with Gasteiger partial charge < -0.3 is 0 Å². The van der Waals surface area contributed by atoms with Crippen molar-refractivity contribution in [3.8, 4) is 0 Å². The zero-order chi connectivity index (χ0) is 12.9. The minimum atomic E-state index is -0.398. The van der Waals surface area contributed by atoms with Crippen molar-refractivity contribution >= 4 is 33.4 Å². The number of anilines is 1. The Bertz CT molecular complexity index is 524. The van der Waals surface area contributed by atoms with E-state index < -0.39 is 5.82 Å². The molecule has 2 unspecified atom stereocenters. The summed E-state index contributed by atoms with van der Waals surface area (Å²) < 4.78 is 13.5. The van der Waals surface area contributed by atoms with Crippen LogP contribution >= 0.6 is 15.9 Å². The number of piperidine rings is 1. The van der Waals surface area contributed by atoms with Gasteiger partial charge in [0.05, 0.1) is 5.69 Å². The maximum Gasteiger partial charge on any atom is 0.236 e. The normalized spacial score (nSPS) is 26.9. The lowest BCUT2D eigenvalue weighted by molar-refractivity contribution is -0.133. The summed E-state index contributed by atoms with van der Waals surface area (Å²) in [5.74, 6) is -0.804. The molecule has 5 heteroatoms. The predicted molar refractivity (Wildman–Crippen MR) is 67.4 cm³/mol. The third-order valence-corrected chi connectivity index (χ3v) is 4.36. The minimum absolute atomic E-state index is 0.0512. The van der Waals surface area contributed by atoms with Crippen LogP contribution in [-0.2, 0) is 9.59 Å². The van der Waals surface area contributed by atoms with Crippen LogP contribution in [0, 0.1) is 17.7 Å². The molecule has 3 rings (SSSR count). The Hall–Kier alpha value is -1.23. The molecule has 0 N–H and O–H groups in total. The highest BCUT2D eigenvalue weighted by Crippen LogP contribution is 2.41. The molecule has 0 spiro atoms. The molecule has 1 saturated heterocycles. The quantitative estimate of drug-likeness (QED) is 0.748. The van der Waals surface area contributed by atoms with Gasteiger partial charge in [-0.05, 0) is 53.4 Å². The van der Waals surface area contributed by atoms with Crippen molar-refractivity contribution in [2.75, 3.05) is 4.90 Å². The molecular weight excluding hydrogens is 301 g/mol. The van der Waals surface area contributed by atoms with Gasteiger partial charge in [-0.2, -0.15) is 0 Å². The lowest BCUT2D eigenvalue weighted by atomic mass is 9.96. The Morgan fingerprint density at radius 3 is 2.33 bits per heavy atom. The lowest BCUT2D eigenvalue weighted by Crippen LogP contribution is -2.46. The van der Waals surface area contributed by atoms with Gasteiger partial charge in [0.1, 0.15) is 5.82 Å². The molecule has 94 valence electrons. The molecular formula is C13H11BrFNO2. The van der Waals surface area contributed by atoms with Crippen LogP contribution in [0.1, 0.15) is 19.3 Å². The first kappa shape index (κ1) is 11.8. The Labute approximate surface area is 112 Å². The number of hydrogen-bond donors (Lipinski definition) is 0. The summed E-state index contributed by atoms with van der Waals surface area (Å²) in [6, 6.07) is 4.00. The summed E-state index contributed by atoms with van der Waals surface area (Å²) in [5, 5.41) is 0. The van der Waals surface area contributed by atoms with Crippen molar-refractivity contribution in [1.82, 2.24) is 0 Å². The predicted octanol–water partition coefficient (Wildman–Crippen LogP) is 2.88. The number of carbonyl (C=O) groups is 2. The van der Waals surface area contributed by atoms with E-state index in [9.17, 15) is 14.0 Å². The molecule has 1 heterocycles. The molecule has 2 atom stereocenters. The highest BCUT2D eigenvalue weighted by molar-refractivity contribution is 9.10. The highest BCUT2D eigenvalue weighted by atomic mass is 79.9. The van der Waals surface area contributed by atoms with Crippen molar-refractivity contribution < 1.29 is 14.0 Å². The fraction of sp³-hybridized carbons (Fsp3) is 0.385. The zero-order valence-electron chi connectivity index (χ0n) is 9.53. The molecule has 2 aliphatic rings. The van der Waals surface area contributed by atoms with Gasteiger partial charge in [-0.3, -0.25) is 9.59 Å². The maximum absolute atomic E-state index is 13.1. The van der Waals surface area contributed by atoms with Crippen molar-refractivity contribution in [1.29, 1.82) is 0 Å². The molecule has 2 amide bonds. The molecule has 2 fully saturated rings. The molecule has 1 aromatic rings. The van der Waals surface area contributed by atoms with Crippen LogP contribution in [0.3, 0.4) is 0 Å². The van der Waals surface area contributed by atoms with Gasteiger partial charge in [0.25, 0.3) is 0 Å². The van der Waals surface area contributed by atoms with E-state index in [0.29, 0.717) is 16.6 Å². The van der Waals surface area contributed by atoms with Gasteiger partial charge in [-0.1, -0.05) is 0 Å². The van der Waals surface area contributed by atoms with Crippen LogP contribution in [0.25, 0.3) is 0 Å². The summed E-state index contributed by atoms with van der Waals surface area (Å²) in [6.07, 6.45) is 2.24. The van der Waals surface area contributed by atoms with Gasteiger partial charge in [0.2, 0.25) is 11.8 Å². The van der Waals surface area contributed by atoms with E-state index in [-0.39, 0.29) is 23.7 Å². The van der Waals surface area contributed by atoms with Crippen LogP contribution < -0.4 is 4.90 Å². The standard InChI is InChI=1S/C13H11BrFNO2/c14-10-6-9(15)3-4-11(10)16-12(17)7-1-2-8(5-7)13(16)18/h3-4,6-8H,1-2,5H2. The number of amides is 2. The SMILES string of the molecule is O=C1C2CCC(C2)C(=O)N1c1ccc(F)cc1Br. The number of nitrogens with zero attached hydrogens (tertiary/aromatic N) is 1. The van der Waals surface area contributed by atoms with Gasteiger partial charge >= 0.3 is 0 Å². The second kappa shape index (κ2) is 4.16. The number of hydrogen-bond acceptors (Lipinski definition) is 2. The van der Waals surface area contributed by atoms with Gasteiger partial charge in [-0.15, -0.1) is 0 Å². The maximum atomic E-state index is 13.1.